The molecule has 0 spiro atoms. The molecule has 5 nitrogen and oxygen atoms in total. The van der Waals surface area contributed by atoms with Gasteiger partial charge in [0, 0.05) is 23.8 Å². The summed E-state index contributed by atoms with van der Waals surface area (Å²) in [5.41, 5.74) is 0.675. The fourth-order valence-electron chi connectivity index (χ4n) is 2.54. The second kappa shape index (κ2) is 8.76. The number of rotatable bonds is 5. The number of carbonyl (C=O) groups excluding carboxylic acids is 1. The van der Waals surface area contributed by atoms with Crippen LogP contribution in [0.4, 0.5) is 30.4 Å². The van der Waals surface area contributed by atoms with Gasteiger partial charge in [0.15, 0.2) is 0 Å². The number of anilines is 3. The van der Waals surface area contributed by atoms with Crippen LogP contribution < -0.4 is 10.6 Å². The van der Waals surface area contributed by atoms with Gasteiger partial charge in [-0.15, -0.1) is 0 Å². The molecule has 0 aliphatic rings. The van der Waals surface area contributed by atoms with Crippen molar-refractivity contribution in [1.29, 1.82) is 0 Å². The second-order valence-electron chi connectivity index (χ2n) is 6.22. The van der Waals surface area contributed by atoms with E-state index < -0.39 is 17.8 Å². The molecule has 2 N–H and O–H groups in total. The normalized spacial score (nSPS) is 12.3. The van der Waals surface area contributed by atoms with Crippen LogP contribution >= 0.6 is 22.6 Å². The molecule has 0 bridgehead atoms. The van der Waals surface area contributed by atoms with Gasteiger partial charge in [0.1, 0.15) is 11.5 Å². The molecule has 150 valence electrons. The van der Waals surface area contributed by atoms with Crippen molar-refractivity contribution >= 4 is 45.7 Å². The lowest BCUT2D eigenvalue weighted by Gasteiger charge is -2.14. The highest BCUT2D eigenvalue weighted by Gasteiger charge is 2.32. The topological polar surface area (TPSA) is 66.9 Å². The predicted molar refractivity (Wildman–Crippen MR) is 113 cm³/mol. The van der Waals surface area contributed by atoms with Gasteiger partial charge in [0.05, 0.1) is 9.49 Å². The summed E-state index contributed by atoms with van der Waals surface area (Å²) in [7, 11) is 0. The Morgan fingerprint density at radius 3 is 2.41 bits per heavy atom. The van der Waals surface area contributed by atoms with Gasteiger partial charge in [-0.1, -0.05) is 12.1 Å². The Bertz CT molecular complexity index is 1010. The van der Waals surface area contributed by atoms with E-state index in [1.165, 1.54) is 6.07 Å². The Morgan fingerprint density at radius 2 is 1.76 bits per heavy atom. The molecule has 1 amide bonds. The average molecular weight is 512 g/mol. The summed E-state index contributed by atoms with van der Waals surface area (Å²) in [4.78, 5) is 20.0. The van der Waals surface area contributed by atoms with Crippen molar-refractivity contribution in [2.75, 3.05) is 10.6 Å². The van der Waals surface area contributed by atoms with E-state index in [2.05, 4.69) is 43.2 Å². The number of hydrogen-bond donors (Lipinski definition) is 2. The van der Waals surface area contributed by atoms with Crippen molar-refractivity contribution in [2.45, 2.75) is 19.0 Å². The third-order valence-electron chi connectivity index (χ3n) is 4.14. The maximum absolute atomic E-state index is 12.8. The maximum atomic E-state index is 12.8. The summed E-state index contributed by atoms with van der Waals surface area (Å²) < 4.78 is 39.2. The Morgan fingerprint density at radius 1 is 1.03 bits per heavy atom. The molecule has 0 radical (unpaired) electrons. The van der Waals surface area contributed by atoms with Crippen molar-refractivity contribution in [1.82, 2.24) is 9.97 Å². The zero-order valence-corrected chi connectivity index (χ0v) is 17.3. The van der Waals surface area contributed by atoms with Crippen molar-refractivity contribution in [3.05, 3.63) is 75.8 Å². The molecule has 9 heteroatoms. The minimum Gasteiger partial charge on any atom is -0.355 e. The number of benzene rings is 1. The zero-order chi connectivity index (χ0) is 21.0. The van der Waals surface area contributed by atoms with E-state index >= 15 is 0 Å². The lowest BCUT2D eigenvalue weighted by Crippen LogP contribution is -2.20. The van der Waals surface area contributed by atoms with Gasteiger partial charge in [0.25, 0.3) is 0 Å². The van der Waals surface area contributed by atoms with Gasteiger partial charge >= 0.3 is 6.18 Å². The first-order chi connectivity index (χ1) is 13.7. The molecule has 1 atom stereocenters. The number of carbonyl (C=O) groups is 1. The smallest absolute Gasteiger partial charge is 0.355 e. The Balaban J connectivity index is 1.68. The average Bonchev–Trinajstić information content (AvgIpc) is 2.69. The van der Waals surface area contributed by atoms with Crippen molar-refractivity contribution in [3.63, 3.8) is 0 Å². The number of nitrogens with one attached hydrogen (secondary N) is 2. The highest BCUT2D eigenvalue weighted by Crippen LogP contribution is 2.30. The van der Waals surface area contributed by atoms with Gasteiger partial charge in [-0.3, -0.25) is 9.78 Å². The van der Waals surface area contributed by atoms with E-state index in [0.717, 1.165) is 21.4 Å². The number of halogens is 4. The summed E-state index contributed by atoms with van der Waals surface area (Å²) in [6, 6.07) is 12.9. The lowest BCUT2D eigenvalue weighted by atomic mass is 10.00. The zero-order valence-electron chi connectivity index (χ0n) is 15.2. The van der Waals surface area contributed by atoms with E-state index in [0.29, 0.717) is 11.5 Å². The minimum atomic E-state index is -4.50. The highest BCUT2D eigenvalue weighted by atomic mass is 127. The van der Waals surface area contributed by atoms with Crippen LogP contribution in [0.15, 0.2) is 60.9 Å². The monoisotopic (exact) mass is 512 g/mol. The van der Waals surface area contributed by atoms with Crippen LogP contribution in [0.2, 0.25) is 0 Å². The van der Waals surface area contributed by atoms with Gasteiger partial charge < -0.3 is 10.6 Å². The van der Waals surface area contributed by atoms with Crippen LogP contribution in [0.25, 0.3) is 0 Å². The SMILES string of the molecule is CC(C(=O)Nc1ncccc1I)c1ccc(Nc2ccnc(C(F)(F)F)c2)cc1. The molecule has 29 heavy (non-hydrogen) atoms. The molecule has 2 aromatic heterocycles. The number of aromatic nitrogens is 2. The highest BCUT2D eigenvalue weighted by molar-refractivity contribution is 14.1. The fourth-order valence-corrected chi connectivity index (χ4v) is 3.02. The van der Waals surface area contributed by atoms with Crippen molar-refractivity contribution in [3.8, 4) is 0 Å². The first-order valence-electron chi connectivity index (χ1n) is 8.55. The summed E-state index contributed by atoms with van der Waals surface area (Å²) in [6.45, 7) is 1.77. The summed E-state index contributed by atoms with van der Waals surface area (Å²) in [6.07, 6.45) is -1.80. The van der Waals surface area contributed by atoms with Gasteiger partial charge in [-0.25, -0.2) is 4.98 Å². The molecule has 0 saturated carbocycles. The van der Waals surface area contributed by atoms with Gasteiger partial charge in [-0.2, -0.15) is 13.2 Å². The van der Waals surface area contributed by atoms with Gasteiger partial charge in [-0.05, 0) is 71.5 Å². The minimum absolute atomic E-state index is 0.203. The third kappa shape index (κ3) is 5.43. The quantitative estimate of drug-likeness (QED) is 0.438. The molecule has 1 aromatic carbocycles. The first kappa shape index (κ1) is 21.0. The van der Waals surface area contributed by atoms with Crippen LogP contribution in [0.5, 0.6) is 0 Å². The molecular weight excluding hydrogens is 496 g/mol. The standard InChI is InChI=1S/C20H16F3IN4O/c1-12(19(29)28-18-16(24)3-2-9-26-18)13-4-6-14(7-5-13)27-15-8-10-25-17(11-15)20(21,22)23/h2-12H,1H3,(H,25,27)(H,26,28,29). The van der Waals surface area contributed by atoms with E-state index in [9.17, 15) is 18.0 Å². The van der Waals surface area contributed by atoms with Crippen LogP contribution in [-0.2, 0) is 11.0 Å². The number of alkyl halides is 3. The van der Waals surface area contributed by atoms with E-state index in [4.69, 9.17) is 0 Å². The first-order valence-corrected chi connectivity index (χ1v) is 9.63. The molecule has 3 rings (SSSR count). The Labute approximate surface area is 178 Å². The van der Waals surface area contributed by atoms with E-state index in [-0.39, 0.29) is 11.6 Å². The largest absolute Gasteiger partial charge is 0.433 e. The molecule has 0 fully saturated rings. The molecule has 1 unspecified atom stereocenters. The molecule has 0 aliphatic carbocycles. The molecule has 0 saturated heterocycles. The second-order valence-corrected chi connectivity index (χ2v) is 7.38. The Hall–Kier alpha value is -2.69. The predicted octanol–water partition coefficient (Wildman–Crippen LogP) is 5.59. The molecule has 0 aliphatic heterocycles. The summed E-state index contributed by atoms with van der Waals surface area (Å²) in [5, 5.41) is 5.70. The van der Waals surface area contributed by atoms with Crippen LogP contribution in [0, 0.1) is 3.57 Å². The van der Waals surface area contributed by atoms with Gasteiger partial charge in [0.2, 0.25) is 5.91 Å². The maximum Gasteiger partial charge on any atom is 0.433 e. The fraction of sp³-hybridized carbons (Fsp3) is 0.150. The summed E-state index contributed by atoms with van der Waals surface area (Å²) in [5.74, 6) is -0.132. The Kier molecular flexibility index (Phi) is 6.36. The molecule has 2 heterocycles. The molecule has 3 aromatic rings. The number of nitrogens with zero attached hydrogens (tertiary/aromatic N) is 2. The van der Waals surface area contributed by atoms with E-state index in [1.54, 1.807) is 43.5 Å². The summed E-state index contributed by atoms with van der Waals surface area (Å²) >= 11 is 2.09. The molecular formula is C20H16F3IN4O. The lowest BCUT2D eigenvalue weighted by molar-refractivity contribution is -0.141. The number of amides is 1. The third-order valence-corrected chi connectivity index (χ3v) is 5.01. The van der Waals surface area contributed by atoms with Crippen LogP contribution in [0.1, 0.15) is 24.1 Å². The number of hydrogen-bond acceptors (Lipinski definition) is 4. The number of pyridine rings is 2. The van der Waals surface area contributed by atoms with Crippen LogP contribution in [-0.4, -0.2) is 15.9 Å². The van der Waals surface area contributed by atoms with E-state index in [1.807, 2.05) is 6.07 Å². The van der Waals surface area contributed by atoms with Crippen molar-refractivity contribution < 1.29 is 18.0 Å². The van der Waals surface area contributed by atoms with Crippen molar-refractivity contribution in [2.24, 2.45) is 0 Å². The van der Waals surface area contributed by atoms with Crippen LogP contribution in [0.3, 0.4) is 0 Å².